The second kappa shape index (κ2) is 8.18. The largest absolute Gasteiger partial charge is 0.494 e. The van der Waals surface area contributed by atoms with Crippen LogP contribution in [0.2, 0.25) is 0 Å². The minimum Gasteiger partial charge on any atom is -0.494 e. The summed E-state index contributed by atoms with van der Waals surface area (Å²) >= 11 is 0. The third-order valence-corrected chi connectivity index (χ3v) is 4.79. The number of carbonyl (C=O) groups excluding carboxylic acids is 1. The molecule has 0 fully saturated rings. The number of pyridine rings is 1. The summed E-state index contributed by atoms with van der Waals surface area (Å²) < 4.78 is 5.41. The number of hydrogen-bond donors (Lipinski definition) is 1. The molecule has 0 radical (unpaired) electrons. The summed E-state index contributed by atoms with van der Waals surface area (Å²) in [5, 5.41) is 10.4. The van der Waals surface area contributed by atoms with Crippen LogP contribution in [0.5, 0.6) is 5.75 Å². The lowest BCUT2D eigenvalue weighted by atomic mass is 9.99. The lowest BCUT2D eigenvalue weighted by molar-refractivity contribution is 0.0632. The molecule has 3 rings (SSSR count). The SMILES string of the molecule is CCN(C(=O)c1ccc(-c2ccc(OC)c3ncccc23)cc1)[C@@H](C)CO. The molecule has 0 unspecified atom stereocenters. The average Bonchev–Trinajstić information content (AvgIpc) is 2.73. The molecule has 0 aliphatic heterocycles. The topological polar surface area (TPSA) is 62.7 Å². The zero-order chi connectivity index (χ0) is 19.4. The number of nitrogens with zero attached hydrogens (tertiary/aromatic N) is 2. The van der Waals surface area contributed by atoms with Crippen molar-refractivity contribution < 1.29 is 14.6 Å². The Kier molecular flexibility index (Phi) is 5.72. The number of benzene rings is 2. The summed E-state index contributed by atoms with van der Waals surface area (Å²) in [4.78, 5) is 18.8. The second-order valence-electron chi connectivity index (χ2n) is 6.42. The lowest BCUT2D eigenvalue weighted by Gasteiger charge is -2.26. The Bertz CT molecular complexity index is 938. The van der Waals surface area contributed by atoms with Crippen LogP contribution in [0.25, 0.3) is 22.0 Å². The quantitative estimate of drug-likeness (QED) is 0.723. The zero-order valence-electron chi connectivity index (χ0n) is 15.8. The Labute approximate surface area is 159 Å². The number of amides is 1. The first-order valence-electron chi connectivity index (χ1n) is 9.04. The van der Waals surface area contributed by atoms with E-state index in [0.717, 1.165) is 27.8 Å². The van der Waals surface area contributed by atoms with Gasteiger partial charge in [0.25, 0.3) is 5.91 Å². The molecule has 1 N–H and O–H groups in total. The third kappa shape index (κ3) is 3.64. The molecule has 3 aromatic rings. The number of aliphatic hydroxyl groups excluding tert-OH is 1. The zero-order valence-corrected chi connectivity index (χ0v) is 15.8. The molecule has 0 bridgehead atoms. The van der Waals surface area contributed by atoms with E-state index in [1.165, 1.54) is 0 Å². The molecule has 0 spiro atoms. The van der Waals surface area contributed by atoms with Crippen LogP contribution in [0.15, 0.2) is 54.7 Å². The Morgan fingerprint density at radius 2 is 1.93 bits per heavy atom. The van der Waals surface area contributed by atoms with Gasteiger partial charge in [0.05, 0.1) is 19.8 Å². The third-order valence-electron chi connectivity index (χ3n) is 4.79. The molecule has 5 heteroatoms. The van der Waals surface area contributed by atoms with Gasteiger partial charge in [0.1, 0.15) is 11.3 Å². The Hall–Kier alpha value is -2.92. The van der Waals surface area contributed by atoms with Crippen LogP contribution in [-0.2, 0) is 0 Å². The number of rotatable bonds is 6. The molecule has 1 heterocycles. The van der Waals surface area contributed by atoms with Gasteiger partial charge in [-0.25, -0.2) is 0 Å². The van der Waals surface area contributed by atoms with Gasteiger partial charge in [0, 0.05) is 23.7 Å². The van der Waals surface area contributed by atoms with Crippen LogP contribution < -0.4 is 4.74 Å². The first-order valence-corrected chi connectivity index (χ1v) is 9.04. The van der Waals surface area contributed by atoms with Gasteiger partial charge in [-0.3, -0.25) is 9.78 Å². The summed E-state index contributed by atoms with van der Waals surface area (Å²) in [5.74, 6) is 0.657. The predicted octanol–water partition coefficient (Wildman–Crippen LogP) is 3.75. The maximum Gasteiger partial charge on any atom is 0.254 e. The van der Waals surface area contributed by atoms with Gasteiger partial charge in [-0.2, -0.15) is 0 Å². The highest BCUT2D eigenvalue weighted by Gasteiger charge is 2.19. The molecular formula is C22H24N2O3. The molecule has 0 saturated heterocycles. The van der Waals surface area contributed by atoms with E-state index in [2.05, 4.69) is 4.98 Å². The van der Waals surface area contributed by atoms with Crippen molar-refractivity contribution in [2.75, 3.05) is 20.3 Å². The summed E-state index contributed by atoms with van der Waals surface area (Å²) in [5.41, 5.74) is 3.46. The Morgan fingerprint density at radius 1 is 1.19 bits per heavy atom. The number of likely N-dealkylation sites (N-methyl/N-ethyl adjacent to an activating group) is 1. The smallest absolute Gasteiger partial charge is 0.254 e. The molecule has 5 nitrogen and oxygen atoms in total. The summed E-state index contributed by atoms with van der Waals surface area (Å²) in [6.07, 6.45) is 1.75. The molecule has 27 heavy (non-hydrogen) atoms. The van der Waals surface area contributed by atoms with Crippen LogP contribution >= 0.6 is 0 Å². The molecule has 0 aliphatic carbocycles. The first-order chi connectivity index (χ1) is 13.1. The highest BCUT2D eigenvalue weighted by atomic mass is 16.5. The number of aliphatic hydroxyl groups is 1. The van der Waals surface area contributed by atoms with Gasteiger partial charge in [-0.1, -0.05) is 18.2 Å². The number of aromatic nitrogens is 1. The number of carbonyl (C=O) groups is 1. The van der Waals surface area contributed by atoms with Crippen molar-refractivity contribution >= 4 is 16.8 Å². The average molecular weight is 364 g/mol. The van der Waals surface area contributed by atoms with Gasteiger partial charge in [0.2, 0.25) is 0 Å². The fourth-order valence-electron chi connectivity index (χ4n) is 3.28. The van der Waals surface area contributed by atoms with E-state index in [1.54, 1.807) is 18.2 Å². The van der Waals surface area contributed by atoms with E-state index in [-0.39, 0.29) is 18.6 Å². The van der Waals surface area contributed by atoms with Crippen LogP contribution in [-0.4, -0.2) is 47.2 Å². The molecule has 0 aliphatic rings. The van der Waals surface area contributed by atoms with Crippen molar-refractivity contribution in [3.8, 4) is 16.9 Å². The monoisotopic (exact) mass is 364 g/mol. The summed E-state index contributed by atoms with van der Waals surface area (Å²) in [7, 11) is 1.64. The van der Waals surface area contributed by atoms with E-state index in [4.69, 9.17) is 4.74 Å². The number of methoxy groups -OCH3 is 1. The van der Waals surface area contributed by atoms with Crippen LogP contribution in [0.3, 0.4) is 0 Å². The summed E-state index contributed by atoms with van der Waals surface area (Å²) in [6, 6.07) is 15.2. The van der Waals surface area contributed by atoms with Crippen molar-refractivity contribution in [3.05, 3.63) is 60.3 Å². The van der Waals surface area contributed by atoms with Crippen LogP contribution in [0.4, 0.5) is 0 Å². The number of ether oxygens (including phenoxy) is 1. The van der Waals surface area contributed by atoms with Gasteiger partial charge in [-0.15, -0.1) is 0 Å². The highest BCUT2D eigenvalue weighted by molar-refractivity contribution is 5.99. The number of hydrogen-bond acceptors (Lipinski definition) is 4. The van der Waals surface area contributed by atoms with E-state index < -0.39 is 0 Å². The summed E-state index contributed by atoms with van der Waals surface area (Å²) in [6.45, 7) is 4.25. The molecule has 1 amide bonds. The van der Waals surface area contributed by atoms with E-state index in [0.29, 0.717) is 12.1 Å². The minimum absolute atomic E-state index is 0.0531. The number of fused-ring (bicyclic) bond motifs is 1. The van der Waals surface area contributed by atoms with Crippen molar-refractivity contribution in [1.82, 2.24) is 9.88 Å². The van der Waals surface area contributed by atoms with Crippen molar-refractivity contribution in [2.45, 2.75) is 19.9 Å². The van der Waals surface area contributed by atoms with E-state index in [9.17, 15) is 9.90 Å². The molecule has 0 saturated carbocycles. The molecule has 1 aromatic heterocycles. The van der Waals surface area contributed by atoms with Crippen LogP contribution in [0.1, 0.15) is 24.2 Å². The normalized spacial score (nSPS) is 12.0. The van der Waals surface area contributed by atoms with Gasteiger partial charge < -0.3 is 14.7 Å². The standard InChI is InChI=1S/C22H24N2O3/c1-4-24(15(2)14-25)22(26)17-9-7-16(8-10-17)18-11-12-20(27-3)21-19(18)6-5-13-23-21/h5-13,15,25H,4,14H2,1-3H3/t15-/m0/s1. The van der Waals surface area contributed by atoms with Crippen molar-refractivity contribution in [2.24, 2.45) is 0 Å². The second-order valence-corrected chi connectivity index (χ2v) is 6.42. The predicted molar refractivity (Wildman–Crippen MR) is 107 cm³/mol. The Morgan fingerprint density at radius 3 is 2.56 bits per heavy atom. The minimum atomic E-state index is -0.209. The maximum atomic E-state index is 12.7. The van der Waals surface area contributed by atoms with E-state index in [1.807, 2.05) is 62.4 Å². The lowest BCUT2D eigenvalue weighted by Crippen LogP contribution is -2.40. The fourth-order valence-corrected chi connectivity index (χ4v) is 3.28. The van der Waals surface area contributed by atoms with Gasteiger partial charge in [0.15, 0.2) is 0 Å². The van der Waals surface area contributed by atoms with E-state index >= 15 is 0 Å². The maximum absolute atomic E-state index is 12.7. The van der Waals surface area contributed by atoms with Crippen molar-refractivity contribution in [1.29, 1.82) is 0 Å². The van der Waals surface area contributed by atoms with Crippen LogP contribution in [0, 0.1) is 0 Å². The first kappa shape index (κ1) is 18.9. The molecular weight excluding hydrogens is 340 g/mol. The van der Waals surface area contributed by atoms with Gasteiger partial charge >= 0.3 is 0 Å². The molecule has 2 aromatic carbocycles. The highest BCUT2D eigenvalue weighted by Crippen LogP contribution is 2.33. The van der Waals surface area contributed by atoms with Gasteiger partial charge in [-0.05, 0) is 55.3 Å². The molecule has 140 valence electrons. The molecule has 1 atom stereocenters. The Balaban J connectivity index is 1.97. The van der Waals surface area contributed by atoms with Crippen molar-refractivity contribution in [3.63, 3.8) is 0 Å². The fraction of sp³-hybridized carbons (Fsp3) is 0.273.